The standard InChI is InChI=1S/C25H22ClN5O3.2C24H20ClN5O3.C4H8O/c1-14-17(3-4-22(27)31-14)12-30-24(32)16-5-6-28-20(11-16)8-15-7-18-10-19(26)13-29-23(18)21(9-15)25(33)34-2;2*1-13-16(2-3-21(26)30-13)11-29-23(31)15-4-5-27-19(10-15)7-14-6-17-9-18(25)12-28-22(17)20(8-14)24(32)33;1-2-4-5-3-1/h3-7,9-11,13H,8,12H2,1-2H3,(H2,27,31)(H,30,32);2*2-6,8-10,12H,7,11H2,1H3,(H2,26,30)(H,29,31)(H,32,33);1-4H2. The summed E-state index contributed by atoms with van der Waals surface area (Å²) in [4.78, 5) is 112. The zero-order valence-corrected chi connectivity index (χ0v) is 59.5. The first-order valence-corrected chi connectivity index (χ1v) is 33.8. The minimum atomic E-state index is -1.08. The Morgan fingerprint density at radius 1 is 0.438 bits per heavy atom. The number of carbonyl (C=O) groups excluding carboxylic acids is 4. The van der Waals surface area contributed by atoms with Gasteiger partial charge in [-0.15, -0.1) is 0 Å². The van der Waals surface area contributed by atoms with Crippen LogP contribution in [0, 0.1) is 20.8 Å². The Labute approximate surface area is 617 Å². The number of nitrogens with zero attached hydrogens (tertiary/aromatic N) is 9. The monoisotopic (exact) mass is 1470 g/mol. The lowest BCUT2D eigenvalue weighted by molar-refractivity contribution is 0.0600. The number of amides is 3. The van der Waals surface area contributed by atoms with Crippen LogP contribution in [0.15, 0.2) is 165 Å². The fourth-order valence-corrected chi connectivity index (χ4v) is 11.8. The molecule has 11 N–H and O–H groups in total. The molecule has 10 heterocycles. The van der Waals surface area contributed by atoms with Crippen LogP contribution in [-0.2, 0) is 48.4 Å². The highest BCUT2D eigenvalue weighted by atomic mass is 35.5. The molecular formula is C77H70Cl3N15O10. The summed E-state index contributed by atoms with van der Waals surface area (Å²) in [5.74, 6) is -2.09. The number of halogens is 3. The average molecular weight is 1470 g/mol. The van der Waals surface area contributed by atoms with Crippen LogP contribution in [0.5, 0.6) is 0 Å². The fraction of sp³-hybridized carbons (Fsp3) is 0.182. The van der Waals surface area contributed by atoms with E-state index in [1.165, 1.54) is 38.5 Å². The zero-order valence-electron chi connectivity index (χ0n) is 57.2. The smallest absolute Gasteiger partial charge is 0.340 e. The summed E-state index contributed by atoms with van der Waals surface area (Å²) in [6.45, 7) is 8.47. The molecule has 0 spiro atoms. The van der Waals surface area contributed by atoms with E-state index in [4.69, 9.17) is 61.5 Å². The normalized spacial score (nSPS) is 11.5. The molecule has 1 aliphatic heterocycles. The topological polar surface area (TPSA) is 391 Å². The highest BCUT2D eigenvalue weighted by molar-refractivity contribution is 6.32. The highest BCUT2D eigenvalue weighted by Gasteiger charge is 2.20. The molecule has 3 amide bonds. The first-order valence-electron chi connectivity index (χ1n) is 32.7. The number of esters is 1. The lowest BCUT2D eigenvalue weighted by Crippen LogP contribution is -2.23. The summed E-state index contributed by atoms with van der Waals surface area (Å²) in [5.41, 5.74) is 29.2. The number of fused-ring (bicyclic) bond motifs is 3. The summed E-state index contributed by atoms with van der Waals surface area (Å²) in [5, 5.41) is 31.1. The van der Waals surface area contributed by atoms with Crippen LogP contribution in [0.3, 0.4) is 0 Å². The van der Waals surface area contributed by atoms with Crippen molar-refractivity contribution in [3.63, 3.8) is 0 Å². The number of rotatable bonds is 18. The van der Waals surface area contributed by atoms with Gasteiger partial charge in [0.2, 0.25) is 0 Å². The molecule has 25 nitrogen and oxygen atoms in total. The van der Waals surface area contributed by atoms with E-state index in [-0.39, 0.29) is 28.8 Å². The predicted molar refractivity (Wildman–Crippen MR) is 400 cm³/mol. The van der Waals surface area contributed by atoms with Crippen LogP contribution in [-0.4, -0.2) is 111 Å². The number of nitrogens with two attached hydrogens (primary N) is 3. The molecule has 534 valence electrons. The van der Waals surface area contributed by atoms with Crippen molar-refractivity contribution in [3.05, 3.63) is 281 Å². The summed E-state index contributed by atoms with van der Waals surface area (Å²) >= 11 is 18.2. The number of carboxylic acids is 2. The van der Waals surface area contributed by atoms with Crippen molar-refractivity contribution in [3.8, 4) is 0 Å². The van der Waals surface area contributed by atoms with E-state index in [0.29, 0.717) is 143 Å². The zero-order chi connectivity index (χ0) is 74.8. The first kappa shape index (κ1) is 75.5. The second kappa shape index (κ2) is 35.1. The van der Waals surface area contributed by atoms with E-state index < -0.39 is 17.9 Å². The van der Waals surface area contributed by atoms with Crippen molar-refractivity contribution in [1.29, 1.82) is 0 Å². The van der Waals surface area contributed by atoms with Crippen LogP contribution in [0.2, 0.25) is 15.1 Å². The Morgan fingerprint density at radius 3 is 1.04 bits per heavy atom. The minimum Gasteiger partial charge on any atom is -0.478 e. The van der Waals surface area contributed by atoms with Gasteiger partial charge in [0.05, 0.1) is 55.4 Å². The number of pyridine rings is 9. The number of aromatic carboxylic acids is 2. The maximum Gasteiger partial charge on any atom is 0.340 e. The van der Waals surface area contributed by atoms with E-state index in [0.717, 1.165) is 63.7 Å². The van der Waals surface area contributed by atoms with Gasteiger partial charge in [-0.2, -0.15) is 0 Å². The molecule has 3 aromatic carbocycles. The molecule has 1 aliphatic rings. The number of carboxylic acid groups (broad SMARTS) is 2. The van der Waals surface area contributed by atoms with E-state index in [2.05, 4.69) is 60.8 Å². The highest BCUT2D eigenvalue weighted by Crippen LogP contribution is 2.28. The molecule has 0 radical (unpaired) electrons. The lowest BCUT2D eigenvalue weighted by atomic mass is 10.0. The Balaban J connectivity index is 0.000000163. The Kier molecular flexibility index (Phi) is 25.3. The summed E-state index contributed by atoms with van der Waals surface area (Å²) in [7, 11) is 1.32. The van der Waals surface area contributed by atoms with Crippen LogP contribution in [0.1, 0.15) is 143 Å². The lowest BCUT2D eigenvalue weighted by Gasteiger charge is -2.10. The number of methoxy groups -OCH3 is 1. The Bertz CT molecular complexity index is 5080. The van der Waals surface area contributed by atoms with Crippen molar-refractivity contribution < 1.29 is 48.5 Å². The average Bonchev–Trinajstić information content (AvgIpc) is 0.949. The van der Waals surface area contributed by atoms with E-state index >= 15 is 0 Å². The second-order valence-electron chi connectivity index (χ2n) is 24.2. The van der Waals surface area contributed by atoms with Gasteiger partial charge in [0.1, 0.15) is 17.5 Å². The largest absolute Gasteiger partial charge is 0.478 e. The van der Waals surface area contributed by atoms with Crippen molar-refractivity contribution in [2.75, 3.05) is 37.5 Å². The number of aryl methyl sites for hydroxylation is 3. The van der Waals surface area contributed by atoms with Crippen LogP contribution >= 0.6 is 34.8 Å². The van der Waals surface area contributed by atoms with Gasteiger partial charge in [-0.3, -0.25) is 44.3 Å². The van der Waals surface area contributed by atoms with Crippen LogP contribution in [0.25, 0.3) is 32.7 Å². The number of anilines is 3. The minimum absolute atomic E-state index is 0.0838. The summed E-state index contributed by atoms with van der Waals surface area (Å²) in [6, 6.07) is 36.1. The molecule has 1 saturated heterocycles. The third kappa shape index (κ3) is 20.6. The quantitative estimate of drug-likeness (QED) is 0.0370. The predicted octanol–water partition coefficient (Wildman–Crippen LogP) is 12.2. The number of benzene rings is 3. The third-order valence-electron chi connectivity index (χ3n) is 16.5. The number of nitrogen functional groups attached to an aromatic ring is 3. The summed E-state index contributed by atoms with van der Waals surface area (Å²) in [6.07, 6.45) is 12.6. The van der Waals surface area contributed by atoms with E-state index in [9.17, 15) is 39.0 Å². The van der Waals surface area contributed by atoms with E-state index in [1.54, 1.807) is 110 Å². The molecule has 12 aromatic rings. The first-order chi connectivity index (χ1) is 50.4. The van der Waals surface area contributed by atoms with Gasteiger partial charge in [-0.1, -0.05) is 53.0 Å². The molecule has 28 heteroatoms. The molecule has 1 fully saturated rings. The molecule has 0 atom stereocenters. The molecular weight excluding hydrogens is 1400 g/mol. The SMILES string of the molecule is C1CCOC1.COC(=O)c1cc(Cc2cc(C(=O)NCc3ccc(N)nc3C)ccn2)cc2cc(Cl)cnc12.Cc1nc(N)ccc1CNC(=O)c1ccnc(Cc2cc(C(=O)O)c3ncc(Cl)cc3c2)c1.Cc1nc(N)ccc1CNC(=O)c1ccnc(Cc2cc(C(=O)O)c3ncc(Cl)cc3c2)c1. The van der Waals surface area contributed by atoms with Crippen LogP contribution in [0.4, 0.5) is 17.5 Å². The van der Waals surface area contributed by atoms with Crippen molar-refractivity contribution in [2.24, 2.45) is 0 Å². The molecule has 9 aromatic heterocycles. The molecule has 0 aliphatic carbocycles. The molecule has 0 unspecified atom stereocenters. The maximum absolute atomic E-state index is 12.7. The number of carbonyl (C=O) groups is 6. The Hall–Kier alpha value is -12.2. The molecule has 105 heavy (non-hydrogen) atoms. The number of aromatic nitrogens is 9. The Morgan fingerprint density at radius 2 is 0.752 bits per heavy atom. The van der Waals surface area contributed by atoms with Gasteiger partial charge in [-0.25, -0.2) is 29.3 Å². The number of nitrogens with one attached hydrogen (secondary N) is 3. The second-order valence-corrected chi connectivity index (χ2v) is 25.5. The van der Waals surface area contributed by atoms with Gasteiger partial charge in [0, 0.05) is 156 Å². The fourth-order valence-electron chi connectivity index (χ4n) is 11.3. The number of ether oxygens (including phenoxy) is 2. The van der Waals surface area contributed by atoms with Gasteiger partial charge in [-0.05, 0) is 176 Å². The number of hydrogen-bond acceptors (Lipinski definition) is 20. The van der Waals surface area contributed by atoms with Crippen molar-refractivity contribution in [2.45, 2.75) is 72.5 Å². The van der Waals surface area contributed by atoms with Gasteiger partial charge in [0.15, 0.2) is 0 Å². The van der Waals surface area contributed by atoms with Gasteiger partial charge < -0.3 is 52.8 Å². The van der Waals surface area contributed by atoms with Crippen LogP contribution < -0.4 is 33.2 Å². The van der Waals surface area contributed by atoms with Gasteiger partial charge in [0.25, 0.3) is 17.7 Å². The van der Waals surface area contributed by atoms with E-state index in [1.807, 2.05) is 57.2 Å². The van der Waals surface area contributed by atoms with Gasteiger partial charge >= 0.3 is 17.9 Å². The van der Waals surface area contributed by atoms with Crippen molar-refractivity contribution in [1.82, 2.24) is 60.8 Å². The molecule has 0 bridgehead atoms. The molecule has 13 rings (SSSR count). The third-order valence-corrected chi connectivity index (χ3v) is 17.1. The van der Waals surface area contributed by atoms with Crippen molar-refractivity contribution >= 4 is 121 Å². The summed E-state index contributed by atoms with van der Waals surface area (Å²) < 4.78 is 9.86. The molecule has 0 saturated carbocycles. The number of hydrogen-bond donors (Lipinski definition) is 8. The maximum atomic E-state index is 12.7.